The van der Waals surface area contributed by atoms with Crippen LogP contribution in [-0.2, 0) is 6.18 Å². The van der Waals surface area contributed by atoms with E-state index in [2.05, 4.69) is 9.97 Å². The van der Waals surface area contributed by atoms with E-state index >= 15 is 0 Å². The minimum absolute atomic E-state index is 0.285. The van der Waals surface area contributed by atoms with Crippen LogP contribution in [0.25, 0.3) is 33.5 Å². The van der Waals surface area contributed by atoms with Crippen molar-refractivity contribution in [2.75, 3.05) is 7.11 Å². The van der Waals surface area contributed by atoms with Gasteiger partial charge in [-0.3, -0.25) is 4.79 Å². The molecule has 5 nitrogen and oxygen atoms in total. The van der Waals surface area contributed by atoms with Gasteiger partial charge in [-0.05, 0) is 23.8 Å². The van der Waals surface area contributed by atoms with Crippen molar-refractivity contribution in [3.8, 4) is 28.3 Å². The zero-order chi connectivity index (χ0) is 19.9. The van der Waals surface area contributed by atoms with Crippen LogP contribution in [0.4, 0.5) is 13.2 Å². The van der Waals surface area contributed by atoms with Crippen molar-refractivity contribution in [3.05, 3.63) is 70.8 Å². The van der Waals surface area contributed by atoms with E-state index in [9.17, 15) is 18.0 Å². The first-order valence-electron chi connectivity index (χ1n) is 8.18. The lowest BCUT2D eigenvalue weighted by atomic mass is 10.0. The van der Waals surface area contributed by atoms with Gasteiger partial charge in [-0.1, -0.05) is 12.1 Å². The number of halogens is 3. The molecule has 1 N–H and O–H groups in total. The minimum Gasteiger partial charge on any atom is -0.496 e. The Bertz CT molecular complexity index is 1190. The highest BCUT2D eigenvalue weighted by atomic mass is 19.4. The van der Waals surface area contributed by atoms with E-state index in [1.807, 2.05) is 0 Å². The van der Waals surface area contributed by atoms with Gasteiger partial charge in [0.1, 0.15) is 5.75 Å². The fourth-order valence-electron chi connectivity index (χ4n) is 2.98. The van der Waals surface area contributed by atoms with Crippen LogP contribution in [0.2, 0.25) is 0 Å². The summed E-state index contributed by atoms with van der Waals surface area (Å²) in [6, 6.07) is 9.21. The predicted octanol–water partition coefficient (Wildman–Crippen LogP) is 4.88. The predicted molar refractivity (Wildman–Crippen MR) is 97.1 cm³/mol. The van der Waals surface area contributed by atoms with Crippen LogP contribution in [0.5, 0.6) is 5.75 Å². The van der Waals surface area contributed by atoms with Crippen molar-refractivity contribution in [1.29, 1.82) is 0 Å². The number of H-pyrrole nitrogens is 1. The van der Waals surface area contributed by atoms with Gasteiger partial charge >= 0.3 is 6.18 Å². The Morgan fingerprint density at radius 3 is 2.46 bits per heavy atom. The van der Waals surface area contributed by atoms with Gasteiger partial charge in [0, 0.05) is 23.2 Å². The van der Waals surface area contributed by atoms with Gasteiger partial charge in [-0.2, -0.15) is 13.2 Å². The number of hydrogen-bond acceptors (Lipinski definition) is 4. The Kier molecular flexibility index (Phi) is 4.18. The summed E-state index contributed by atoms with van der Waals surface area (Å²) in [5.41, 5.74) is 0.888. The summed E-state index contributed by atoms with van der Waals surface area (Å²) < 4.78 is 48.9. The molecule has 8 heteroatoms. The van der Waals surface area contributed by atoms with Crippen molar-refractivity contribution in [2.45, 2.75) is 6.18 Å². The standard InChI is InChI=1S/C20H13F3N2O3/c1-27-18-8-16-13(6-14(18)19-9-24-10-28-19)17(26)7-15(25-16)11-2-4-12(5-3-11)20(21,22)23/h2-10H,1H3,(H,25,26). The van der Waals surface area contributed by atoms with Crippen LogP contribution < -0.4 is 10.2 Å². The molecular formula is C20H13F3N2O3. The number of alkyl halides is 3. The maximum atomic E-state index is 12.7. The molecule has 0 bridgehead atoms. The number of aromatic amines is 1. The lowest BCUT2D eigenvalue weighted by Crippen LogP contribution is -2.05. The number of oxazole rings is 1. The normalized spacial score (nSPS) is 11.7. The molecule has 2 heterocycles. The van der Waals surface area contributed by atoms with Crippen LogP contribution in [0.3, 0.4) is 0 Å². The molecule has 0 spiro atoms. The van der Waals surface area contributed by atoms with E-state index in [-0.39, 0.29) is 5.43 Å². The third-order valence-corrected chi connectivity index (χ3v) is 4.37. The number of ether oxygens (including phenoxy) is 1. The first kappa shape index (κ1) is 17.8. The van der Waals surface area contributed by atoms with Crippen molar-refractivity contribution in [3.63, 3.8) is 0 Å². The van der Waals surface area contributed by atoms with Gasteiger partial charge in [0.2, 0.25) is 0 Å². The van der Waals surface area contributed by atoms with Gasteiger partial charge in [0.05, 0.1) is 30.0 Å². The molecule has 0 amide bonds. The van der Waals surface area contributed by atoms with Gasteiger partial charge in [-0.25, -0.2) is 4.98 Å². The number of methoxy groups -OCH3 is 1. The number of fused-ring (bicyclic) bond motifs is 1. The summed E-state index contributed by atoms with van der Waals surface area (Å²) in [5, 5.41) is 0.392. The summed E-state index contributed by atoms with van der Waals surface area (Å²) in [5.74, 6) is 0.912. The van der Waals surface area contributed by atoms with Crippen LogP contribution in [-0.4, -0.2) is 17.1 Å². The Labute approximate surface area is 156 Å². The second-order valence-electron chi connectivity index (χ2n) is 6.09. The van der Waals surface area contributed by atoms with Crippen molar-refractivity contribution in [1.82, 2.24) is 9.97 Å². The maximum absolute atomic E-state index is 12.7. The summed E-state index contributed by atoms with van der Waals surface area (Å²) in [7, 11) is 1.48. The molecule has 0 aliphatic rings. The summed E-state index contributed by atoms with van der Waals surface area (Å²) >= 11 is 0. The highest BCUT2D eigenvalue weighted by Gasteiger charge is 2.30. The Morgan fingerprint density at radius 1 is 1.11 bits per heavy atom. The van der Waals surface area contributed by atoms with Crippen LogP contribution >= 0.6 is 0 Å². The third-order valence-electron chi connectivity index (χ3n) is 4.37. The fourth-order valence-corrected chi connectivity index (χ4v) is 2.98. The molecule has 2 aromatic carbocycles. The lowest BCUT2D eigenvalue weighted by Gasteiger charge is -2.11. The molecule has 0 atom stereocenters. The van der Waals surface area contributed by atoms with Gasteiger partial charge in [0.15, 0.2) is 17.6 Å². The molecule has 28 heavy (non-hydrogen) atoms. The maximum Gasteiger partial charge on any atom is 0.416 e. The van der Waals surface area contributed by atoms with E-state index < -0.39 is 11.7 Å². The Balaban J connectivity index is 1.85. The second-order valence-corrected chi connectivity index (χ2v) is 6.09. The molecule has 0 radical (unpaired) electrons. The number of hydrogen-bond donors (Lipinski definition) is 1. The molecule has 2 aromatic heterocycles. The summed E-state index contributed by atoms with van der Waals surface area (Å²) in [4.78, 5) is 19.6. The molecule has 0 fully saturated rings. The van der Waals surface area contributed by atoms with Gasteiger partial charge in [-0.15, -0.1) is 0 Å². The number of nitrogens with one attached hydrogen (secondary N) is 1. The second kappa shape index (κ2) is 6.56. The Hall–Kier alpha value is -3.55. The number of nitrogens with zero attached hydrogens (tertiary/aromatic N) is 1. The van der Waals surface area contributed by atoms with E-state index in [0.29, 0.717) is 39.2 Å². The number of aromatic nitrogens is 2. The van der Waals surface area contributed by atoms with E-state index in [4.69, 9.17) is 9.15 Å². The molecule has 0 saturated heterocycles. The van der Waals surface area contributed by atoms with E-state index in [0.717, 1.165) is 12.1 Å². The van der Waals surface area contributed by atoms with E-state index in [1.165, 1.54) is 37.9 Å². The average Bonchev–Trinajstić information content (AvgIpc) is 3.21. The van der Waals surface area contributed by atoms with Crippen LogP contribution in [0, 0.1) is 0 Å². The number of rotatable bonds is 3. The van der Waals surface area contributed by atoms with Crippen LogP contribution in [0.1, 0.15) is 5.56 Å². The van der Waals surface area contributed by atoms with E-state index in [1.54, 1.807) is 12.1 Å². The Morgan fingerprint density at radius 2 is 1.86 bits per heavy atom. The van der Waals surface area contributed by atoms with Crippen molar-refractivity contribution in [2.24, 2.45) is 0 Å². The molecule has 0 unspecified atom stereocenters. The molecular weight excluding hydrogens is 373 g/mol. The smallest absolute Gasteiger partial charge is 0.416 e. The lowest BCUT2D eigenvalue weighted by molar-refractivity contribution is -0.137. The highest BCUT2D eigenvalue weighted by Crippen LogP contribution is 2.34. The summed E-state index contributed by atoms with van der Waals surface area (Å²) in [6.45, 7) is 0. The largest absolute Gasteiger partial charge is 0.496 e. The number of benzene rings is 2. The average molecular weight is 386 g/mol. The molecule has 4 rings (SSSR count). The topological polar surface area (TPSA) is 68.1 Å². The van der Waals surface area contributed by atoms with Crippen molar-refractivity contribution >= 4 is 10.9 Å². The third kappa shape index (κ3) is 3.13. The zero-order valence-corrected chi connectivity index (χ0v) is 14.5. The minimum atomic E-state index is -4.42. The number of pyridine rings is 1. The molecule has 0 aliphatic carbocycles. The first-order valence-corrected chi connectivity index (χ1v) is 8.18. The monoisotopic (exact) mass is 386 g/mol. The van der Waals surface area contributed by atoms with Crippen molar-refractivity contribution < 1.29 is 22.3 Å². The fraction of sp³-hybridized carbons (Fsp3) is 0.100. The van der Waals surface area contributed by atoms with Crippen LogP contribution in [0.15, 0.2) is 64.3 Å². The molecule has 4 aromatic rings. The van der Waals surface area contributed by atoms with Gasteiger partial charge in [0.25, 0.3) is 0 Å². The quantitative estimate of drug-likeness (QED) is 0.545. The molecule has 0 saturated carbocycles. The molecule has 142 valence electrons. The summed E-state index contributed by atoms with van der Waals surface area (Å²) in [6.07, 6.45) is -1.63. The first-order chi connectivity index (χ1) is 13.4. The zero-order valence-electron chi connectivity index (χ0n) is 14.5. The van der Waals surface area contributed by atoms with Gasteiger partial charge < -0.3 is 14.1 Å². The highest BCUT2D eigenvalue weighted by molar-refractivity contribution is 5.88. The molecule has 0 aliphatic heterocycles. The SMILES string of the molecule is COc1cc2[nH]c(-c3ccc(C(F)(F)F)cc3)cc(=O)c2cc1-c1cnco1.